The molecule has 1 aromatic rings. The Morgan fingerprint density at radius 2 is 1.92 bits per heavy atom. The molecule has 0 fully saturated rings. The molecule has 11 heteroatoms. The van der Waals surface area contributed by atoms with Gasteiger partial charge in [-0.05, 0) is 37.3 Å². The fourth-order valence-corrected chi connectivity index (χ4v) is 5.09. The fraction of sp³-hybridized carbons (Fsp3) is 0.214. The Balaban J connectivity index is 2.55. The molecule has 0 aromatic heterocycles. The quantitative estimate of drug-likeness (QED) is 0.764. The van der Waals surface area contributed by atoms with Gasteiger partial charge in [0.2, 0.25) is 0 Å². The zero-order valence-corrected chi connectivity index (χ0v) is 14.1. The van der Waals surface area contributed by atoms with Crippen LogP contribution in [0.1, 0.15) is 18.1 Å². The van der Waals surface area contributed by atoms with Gasteiger partial charge in [-0.25, -0.2) is 4.39 Å². The van der Waals surface area contributed by atoms with Crippen LogP contribution in [0.3, 0.4) is 0 Å². The van der Waals surface area contributed by atoms with Crippen molar-refractivity contribution in [2.45, 2.75) is 19.2 Å². The van der Waals surface area contributed by atoms with Crippen molar-refractivity contribution in [1.82, 2.24) is 5.32 Å². The van der Waals surface area contributed by atoms with Gasteiger partial charge < -0.3 is 10.4 Å². The molecule has 1 aliphatic rings. The number of carbonyl (C=O) groups excluding carboxylic acids is 1. The average molecular weight is 397 g/mol. The van der Waals surface area contributed by atoms with E-state index in [9.17, 15) is 35.9 Å². The molecule has 1 aliphatic heterocycles. The molecular formula is C14H11F4NO4S2. The molecule has 2 unspecified atom stereocenters. The van der Waals surface area contributed by atoms with E-state index < -0.39 is 53.8 Å². The van der Waals surface area contributed by atoms with Gasteiger partial charge in [0, 0.05) is 19.9 Å². The standard InChI is InChI=1S/C14H11F4NO4S2/c1-7(20)13(21)19-12-5-4-11(24(12)25(22)23)9-6-8(15)2-3-10(9)14(16,17)18/h2-7,20H,1H3,(H,19,21). The summed E-state index contributed by atoms with van der Waals surface area (Å²) >= 11 is 0. The van der Waals surface area contributed by atoms with E-state index >= 15 is 0 Å². The first-order valence-electron chi connectivity index (χ1n) is 6.64. The summed E-state index contributed by atoms with van der Waals surface area (Å²) in [4.78, 5) is 11.2. The Bertz CT molecular complexity index is 923. The van der Waals surface area contributed by atoms with Crippen molar-refractivity contribution in [2.75, 3.05) is 0 Å². The lowest BCUT2D eigenvalue weighted by molar-refractivity contribution is -0.137. The van der Waals surface area contributed by atoms with Gasteiger partial charge in [-0.2, -0.15) is 21.6 Å². The maximum atomic E-state index is 13.5. The minimum absolute atomic E-state index is 0.202. The number of aliphatic hydroxyl groups excluding tert-OH is 1. The maximum absolute atomic E-state index is 13.5. The summed E-state index contributed by atoms with van der Waals surface area (Å²) in [6.45, 7) is 1.14. The van der Waals surface area contributed by atoms with Crippen LogP contribution < -0.4 is 5.32 Å². The molecule has 0 aliphatic carbocycles. The van der Waals surface area contributed by atoms with Crippen LogP contribution in [0.2, 0.25) is 0 Å². The number of allylic oxidation sites excluding steroid dienone is 2. The summed E-state index contributed by atoms with van der Waals surface area (Å²) in [5, 5.41) is 11.1. The first kappa shape index (κ1) is 19.3. The molecule has 25 heavy (non-hydrogen) atoms. The molecule has 0 bridgehead atoms. The van der Waals surface area contributed by atoms with E-state index in [1.165, 1.54) is 0 Å². The summed E-state index contributed by atoms with van der Waals surface area (Å²) in [6.07, 6.45) is -4.09. The summed E-state index contributed by atoms with van der Waals surface area (Å²) < 4.78 is 76.0. The summed E-state index contributed by atoms with van der Waals surface area (Å²) in [5.74, 6) is -1.88. The minimum atomic E-state index is -4.82. The van der Waals surface area contributed by atoms with E-state index in [1.54, 1.807) is 0 Å². The van der Waals surface area contributed by atoms with Crippen LogP contribution in [0.25, 0.3) is 4.91 Å². The lowest BCUT2D eigenvalue weighted by Crippen LogP contribution is -2.32. The normalized spacial score (nSPS) is 18.4. The van der Waals surface area contributed by atoms with E-state index in [-0.39, 0.29) is 9.93 Å². The van der Waals surface area contributed by atoms with Crippen LogP contribution in [-0.4, -0.2) is 25.5 Å². The summed E-state index contributed by atoms with van der Waals surface area (Å²) in [6, 6.07) is 1.74. The highest BCUT2D eigenvalue weighted by Gasteiger charge is 2.36. The fourth-order valence-electron chi connectivity index (χ4n) is 2.01. The van der Waals surface area contributed by atoms with Gasteiger partial charge >= 0.3 is 6.18 Å². The minimum Gasteiger partial charge on any atom is -0.384 e. The largest absolute Gasteiger partial charge is 0.417 e. The molecule has 0 saturated heterocycles. The van der Waals surface area contributed by atoms with Gasteiger partial charge in [0.25, 0.3) is 15.2 Å². The first-order chi connectivity index (χ1) is 11.5. The second kappa shape index (κ2) is 7.10. The molecule has 1 aromatic carbocycles. The van der Waals surface area contributed by atoms with Crippen molar-refractivity contribution in [3.05, 3.63) is 52.3 Å². The number of nitrogens with one attached hydrogen (secondary N) is 1. The molecule has 0 radical (unpaired) electrons. The zero-order chi connectivity index (χ0) is 18.9. The number of rotatable bonds is 3. The van der Waals surface area contributed by atoms with Crippen molar-refractivity contribution < 1.29 is 35.9 Å². The molecule has 0 spiro atoms. The Kier molecular flexibility index (Phi) is 5.49. The van der Waals surface area contributed by atoms with Crippen LogP contribution in [0.5, 0.6) is 0 Å². The highest BCUT2D eigenvalue weighted by atomic mass is 32.9. The van der Waals surface area contributed by atoms with Gasteiger partial charge in [-0.1, -0.05) is 0 Å². The SMILES string of the molecule is CC(O)C(=O)NC1=CC=C(c2cc(F)ccc2C(F)(F)F)S1=S(=O)=O. The number of hydrogen-bond acceptors (Lipinski definition) is 4. The highest BCUT2D eigenvalue weighted by molar-refractivity contribution is 8.40. The van der Waals surface area contributed by atoms with Crippen LogP contribution >= 0.6 is 0 Å². The van der Waals surface area contributed by atoms with Crippen LogP contribution in [0, 0.1) is 5.82 Å². The van der Waals surface area contributed by atoms with E-state index in [4.69, 9.17) is 0 Å². The molecule has 2 atom stereocenters. The van der Waals surface area contributed by atoms with Crippen LogP contribution in [0.4, 0.5) is 17.6 Å². The molecule has 5 nitrogen and oxygen atoms in total. The van der Waals surface area contributed by atoms with E-state index in [1.807, 2.05) is 0 Å². The van der Waals surface area contributed by atoms with Crippen molar-refractivity contribution in [2.24, 2.45) is 0 Å². The van der Waals surface area contributed by atoms with Gasteiger partial charge in [0.05, 0.1) is 10.6 Å². The first-order valence-corrected chi connectivity index (χ1v) is 9.46. The second-order valence-corrected chi connectivity index (χ2v) is 8.53. The monoisotopic (exact) mass is 397 g/mol. The lowest BCUT2D eigenvalue weighted by atomic mass is 10.1. The Labute approximate surface area is 142 Å². The number of hydrogen-bond donors (Lipinski definition) is 2. The Morgan fingerprint density at radius 1 is 1.28 bits per heavy atom. The van der Waals surface area contributed by atoms with E-state index in [2.05, 4.69) is 5.32 Å². The van der Waals surface area contributed by atoms with E-state index in [0.29, 0.717) is 18.2 Å². The zero-order valence-electron chi connectivity index (χ0n) is 12.5. The third-order valence-corrected chi connectivity index (χ3v) is 6.66. The second-order valence-electron chi connectivity index (χ2n) is 4.89. The highest BCUT2D eigenvalue weighted by Crippen LogP contribution is 2.39. The van der Waals surface area contributed by atoms with Crippen molar-refractivity contribution in [3.8, 4) is 0 Å². The van der Waals surface area contributed by atoms with Crippen molar-refractivity contribution in [1.29, 1.82) is 0 Å². The maximum Gasteiger partial charge on any atom is 0.417 e. The van der Waals surface area contributed by atoms with Crippen LogP contribution in [-0.2, 0) is 29.7 Å². The number of aliphatic hydroxyl groups is 1. The molecule has 1 heterocycles. The van der Waals surface area contributed by atoms with Crippen molar-refractivity contribution >= 4 is 29.5 Å². The third-order valence-electron chi connectivity index (χ3n) is 3.10. The Morgan fingerprint density at radius 3 is 2.44 bits per heavy atom. The topological polar surface area (TPSA) is 83.5 Å². The van der Waals surface area contributed by atoms with Gasteiger partial charge in [0.15, 0.2) is 0 Å². The molecule has 2 rings (SSSR count). The predicted octanol–water partition coefficient (Wildman–Crippen LogP) is 1.95. The molecule has 1 amide bonds. The number of halogens is 4. The number of benzene rings is 1. The molecule has 2 N–H and O–H groups in total. The third kappa shape index (κ3) is 4.17. The van der Waals surface area contributed by atoms with Gasteiger partial charge in [-0.3, -0.25) is 4.79 Å². The summed E-state index contributed by atoms with van der Waals surface area (Å²) in [5.41, 5.74) is -1.82. The smallest absolute Gasteiger partial charge is 0.384 e. The molecule has 0 saturated carbocycles. The summed E-state index contributed by atoms with van der Waals surface area (Å²) in [7, 11) is -4.88. The Hall–Kier alpha value is -1.98. The van der Waals surface area contributed by atoms with Gasteiger partial charge in [-0.15, -0.1) is 0 Å². The number of amides is 1. The predicted molar refractivity (Wildman–Crippen MR) is 83.6 cm³/mol. The number of alkyl halides is 3. The average Bonchev–Trinajstić information content (AvgIpc) is 2.89. The van der Waals surface area contributed by atoms with Gasteiger partial charge in [0.1, 0.15) is 11.9 Å². The van der Waals surface area contributed by atoms with Crippen molar-refractivity contribution in [3.63, 3.8) is 0 Å². The lowest BCUT2D eigenvalue weighted by Gasteiger charge is -2.15. The number of carbonyl (C=O) groups is 1. The molecular weight excluding hydrogens is 386 g/mol. The van der Waals surface area contributed by atoms with E-state index in [0.717, 1.165) is 19.1 Å². The molecule has 136 valence electrons. The van der Waals surface area contributed by atoms with Crippen LogP contribution in [0.15, 0.2) is 35.4 Å².